The van der Waals surface area contributed by atoms with Crippen molar-refractivity contribution in [1.82, 2.24) is 10.2 Å². The molecule has 1 saturated heterocycles. The molecule has 1 aromatic rings. The number of hydrogen-bond donors (Lipinski definition) is 2. The number of fused-ring (bicyclic) bond motifs is 1. The predicted octanol–water partition coefficient (Wildman–Crippen LogP) is 0.121. The van der Waals surface area contributed by atoms with E-state index in [2.05, 4.69) is 5.32 Å². The van der Waals surface area contributed by atoms with Gasteiger partial charge < -0.3 is 10.6 Å². The topological polar surface area (TPSA) is 92.5 Å². The second-order valence-corrected chi connectivity index (χ2v) is 5.44. The summed E-state index contributed by atoms with van der Waals surface area (Å²) in [4.78, 5) is 37.1. The predicted molar refractivity (Wildman–Crippen MR) is 75.4 cm³/mol. The van der Waals surface area contributed by atoms with E-state index >= 15 is 0 Å². The molecule has 3 amide bonds. The standard InChI is InChI=1S/C15H17N3O3/c16-5-6-18-8-10-2-1-9(7-12(10)15(18)21)11-3-4-13(19)17-14(11)20/h1-2,7,11H,3-6,8,16H2,(H,17,19,20). The van der Waals surface area contributed by atoms with Crippen molar-refractivity contribution in [3.8, 4) is 0 Å². The molecule has 0 aromatic heterocycles. The van der Waals surface area contributed by atoms with Crippen molar-refractivity contribution in [3.63, 3.8) is 0 Å². The van der Waals surface area contributed by atoms with E-state index in [9.17, 15) is 14.4 Å². The molecule has 0 spiro atoms. The van der Waals surface area contributed by atoms with Crippen LogP contribution in [0.4, 0.5) is 0 Å². The van der Waals surface area contributed by atoms with Gasteiger partial charge in [-0.05, 0) is 23.6 Å². The molecule has 1 fully saturated rings. The second-order valence-electron chi connectivity index (χ2n) is 5.44. The van der Waals surface area contributed by atoms with Gasteiger partial charge in [-0.25, -0.2) is 0 Å². The van der Waals surface area contributed by atoms with E-state index in [-0.39, 0.29) is 23.6 Å². The first kappa shape index (κ1) is 13.8. The third-order valence-electron chi connectivity index (χ3n) is 4.05. The fraction of sp³-hybridized carbons (Fsp3) is 0.400. The van der Waals surface area contributed by atoms with Crippen molar-refractivity contribution in [1.29, 1.82) is 0 Å². The summed E-state index contributed by atoms with van der Waals surface area (Å²) in [6.45, 7) is 1.53. The zero-order valence-electron chi connectivity index (χ0n) is 11.6. The highest BCUT2D eigenvalue weighted by Gasteiger charge is 2.31. The van der Waals surface area contributed by atoms with Gasteiger partial charge in [0, 0.05) is 31.6 Å². The van der Waals surface area contributed by atoms with E-state index in [0.29, 0.717) is 38.0 Å². The van der Waals surface area contributed by atoms with Gasteiger partial charge in [-0.1, -0.05) is 12.1 Å². The fourth-order valence-corrected chi connectivity index (χ4v) is 2.94. The Morgan fingerprint density at radius 2 is 2.10 bits per heavy atom. The van der Waals surface area contributed by atoms with Crippen molar-refractivity contribution in [2.75, 3.05) is 13.1 Å². The molecule has 6 nitrogen and oxygen atoms in total. The van der Waals surface area contributed by atoms with Crippen LogP contribution in [0.3, 0.4) is 0 Å². The van der Waals surface area contributed by atoms with Crippen LogP contribution >= 0.6 is 0 Å². The molecule has 3 N–H and O–H groups in total. The maximum atomic E-state index is 12.3. The number of amides is 3. The summed E-state index contributed by atoms with van der Waals surface area (Å²) in [6.07, 6.45) is 0.824. The van der Waals surface area contributed by atoms with Gasteiger partial charge in [0.05, 0.1) is 5.92 Å². The molecular weight excluding hydrogens is 270 g/mol. The lowest BCUT2D eigenvalue weighted by Crippen LogP contribution is -2.39. The first-order chi connectivity index (χ1) is 10.1. The number of nitrogens with two attached hydrogens (primary N) is 1. The Morgan fingerprint density at radius 3 is 2.81 bits per heavy atom. The van der Waals surface area contributed by atoms with E-state index < -0.39 is 0 Å². The summed E-state index contributed by atoms with van der Waals surface area (Å²) in [5.74, 6) is -0.910. The van der Waals surface area contributed by atoms with Crippen LogP contribution in [0.25, 0.3) is 0 Å². The third-order valence-corrected chi connectivity index (χ3v) is 4.05. The minimum Gasteiger partial charge on any atom is -0.333 e. The Balaban J connectivity index is 1.86. The van der Waals surface area contributed by atoms with Gasteiger partial charge in [0.15, 0.2) is 0 Å². The van der Waals surface area contributed by atoms with Gasteiger partial charge in [0.2, 0.25) is 11.8 Å². The summed E-state index contributed by atoms with van der Waals surface area (Å²) in [6, 6.07) is 5.55. The van der Waals surface area contributed by atoms with E-state index in [1.54, 1.807) is 11.0 Å². The maximum Gasteiger partial charge on any atom is 0.254 e. The van der Waals surface area contributed by atoms with Crippen molar-refractivity contribution >= 4 is 17.7 Å². The Bertz CT molecular complexity index is 627. The normalized spacial score (nSPS) is 21.5. The monoisotopic (exact) mass is 287 g/mol. The lowest BCUT2D eigenvalue weighted by Gasteiger charge is -2.21. The lowest BCUT2D eigenvalue weighted by molar-refractivity contribution is -0.134. The van der Waals surface area contributed by atoms with Gasteiger partial charge in [0.25, 0.3) is 5.91 Å². The average Bonchev–Trinajstić information content (AvgIpc) is 2.76. The van der Waals surface area contributed by atoms with Crippen LogP contribution in [-0.4, -0.2) is 35.7 Å². The molecule has 3 rings (SSSR count). The molecular formula is C15H17N3O3. The molecule has 2 heterocycles. The average molecular weight is 287 g/mol. The van der Waals surface area contributed by atoms with Gasteiger partial charge in [-0.2, -0.15) is 0 Å². The van der Waals surface area contributed by atoms with Crippen LogP contribution < -0.4 is 11.1 Å². The Hall–Kier alpha value is -2.21. The molecule has 0 bridgehead atoms. The summed E-state index contributed by atoms with van der Waals surface area (Å²) < 4.78 is 0. The Kier molecular flexibility index (Phi) is 3.47. The largest absolute Gasteiger partial charge is 0.333 e. The van der Waals surface area contributed by atoms with Crippen molar-refractivity contribution in [2.45, 2.75) is 25.3 Å². The van der Waals surface area contributed by atoms with E-state index in [4.69, 9.17) is 5.73 Å². The van der Waals surface area contributed by atoms with Crippen molar-refractivity contribution in [3.05, 3.63) is 34.9 Å². The molecule has 0 aliphatic carbocycles. The second kappa shape index (κ2) is 5.29. The summed E-state index contributed by atoms with van der Waals surface area (Å²) >= 11 is 0. The molecule has 1 unspecified atom stereocenters. The SMILES string of the molecule is NCCN1Cc2ccc(C3CCC(=O)NC3=O)cc2C1=O. The zero-order chi connectivity index (χ0) is 15.0. The highest BCUT2D eigenvalue weighted by atomic mass is 16.2. The molecule has 110 valence electrons. The quantitative estimate of drug-likeness (QED) is 0.772. The van der Waals surface area contributed by atoms with Crippen molar-refractivity contribution < 1.29 is 14.4 Å². The third kappa shape index (κ3) is 2.42. The highest BCUT2D eigenvalue weighted by Crippen LogP contribution is 2.30. The summed E-state index contributed by atoms with van der Waals surface area (Å²) in [5.41, 5.74) is 7.90. The summed E-state index contributed by atoms with van der Waals surface area (Å²) in [5, 5.41) is 2.35. The number of nitrogens with one attached hydrogen (secondary N) is 1. The van der Waals surface area contributed by atoms with Crippen LogP contribution in [-0.2, 0) is 16.1 Å². The fourth-order valence-electron chi connectivity index (χ4n) is 2.94. The Labute approximate surface area is 122 Å². The minimum atomic E-state index is -0.357. The number of rotatable bonds is 3. The van der Waals surface area contributed by atoms with Crippen LogP contribution in [0.15, 0.2) is 18.2 Å². The van der Waals surface area contributed by atoms with Crippen molar-refractivity contribution in [2.24, 2.45) is 5.73 Å². The van der Waals surface area contributed by atoms with Gasteiger partial charge in [0.1, 0.15) is 0 Å². The summed E-state index contributed by atoms with van der Waals surface area (Å²) in [7, 11) is 0. The van der Waals surface area contributed by atoms with Crippen LogP contribution in [0.5, 0.6) is 0 Å². The van der Waals surface area contributed by atoms with Gasteiger partial charge in [-0.15, -0.1) is 0 Å². The maximum absolute atomic E-state index is 12.3. The molecule has 21 heavy (non-hydrogen) atoms. The first-order valence-electron chi connectivity index (χ1n) is 7.06. The van der Waals surface area contributed by atoms with Crippen LogP contribution in [0.2, 0.25) is 0 Å². The molecule has 0 saturated carbocycles. The molecule has 2 aliphatic rings. The molecule has 1 aromatic carbocycles. The first-order valence-corrected chi connectivity index (χ1v) is 7.06. The smallest absolute Gasteiger partial charge is 0.254 e. The zero-order valence-corrected chi connectivity index (χ0v) is 11.6. The van der Waals surface area contributed by atoms with E-state index in [1.165, 1.54) is 0 Å². The van der Waals surface area contributed by atoms with Crippen LogP contribution in [0, 0.1) is 0 Å². The minimum absolute atomic E-state index is 0.0374. The molecule has 6 heteroatoms. The molecule has 0 radical (unpaired) electrons. The number of benzene rings is 1. The Morgan fingerprint density at radius 1 is 1.29 bits per heavy atom. The molecule has 1 atom stereocenters. The van der Waals surface area contributed by atoms with Gasteiger partial charge in [-0.3, -0.25) is 19.7 Å². The number of hydrogen-bond acceptors (Lipinski definition) is 4. The van der Waals surface area contributed by atoms with E-state index in [0.717, 1.165) is 11.1 Å². The number of carbonyl (C=O) groups excluding carboxylic acids is 3. The number of nitrogens with zero attached hydrogens (tertiary/aromatic N) is 1. The number of piperidine rings is 1. The van der Waals surface area contributed by atoms with E-state index in [1.807, 2.05) is 12.1 Å². The molecule has 2 aliphatic heterocycles. The number of carbonyl (C=O) groups is 3. The van der Waals surface area contributed by atoms with Crippen LogP contribution in [0.1, 0.15) is 40.2 Å². The lowest BCUT2D eigenvalue weighted by atomic mass is 9.89. The van der Waals surface area contributed by atoms with Gasteiger partial charge >= 0.3 is 0 Å². The number of imide groups is 1. The highest BCUT2D eigenvalue weighted by molar-refractivity contribution is 6.02.